The van der Waals surface area contributed by atoms with Crippen LogP contribution in [0.5, 0.6) is 0 Å². The van der Waals surface area contributed by atoms with Gasteiger partial charge in [0.05, 0.1) is 5.52 Å². The first-order valence-corrected chi connectivity index (χ1v) is 12.0. The molecule has 0 radical (unpaired) electrons. The Hall–Kier alpha value is -3.08. The van der Waals surface area contributed by atoms with Gasteiger partial charge in [0, 0.05) is 37.3 Å². The van der Waals surface area contributed by atoms with Crippen molar-refractivity contribution in [2.45, 2.75) is 50.4 Å². The van der Waals surface area contributed by atoms with Crippen LogP contribution in [0, 0.1) is 0 Å². The third kappa shape index (κ3) is 4.44. The molecule has 1 fully saturated rings. The fraction of sp³-hybridized carbons (Fsp3) is 0.423. The van der Waals surface area contributed by atoms with Crippen molar-refractivity contribution in [3.05, 3.63) is 59.8 Å². The molecule has 0 aliphatic carbocycles. The number of likely N-dealkylation sites (tertiary alicyclic amines) is 1. The van der Waals surface area contributed by atoms with Crippen LogP contribution in [0.4, 0.5) is 13.2 Å². The van der Waals surface area contributed by atoms with Gasteiger partial charge < -0.3 is 10.8 Å². The van der Waals surface area contributed by atoms with Crippen LogP contribution in [-0.2, 0) is 5.41 Å². The van der Waals surface area contributed by atoms with Gasteiger partial charge in [0.25, 0.3) is 0 Å². The van der Waals surface area contributed by atoms with Gasteiger partial charge in [-0.2, -0.15) is 13.2 Å². The molecule has 3 N–H and O–H groups in total. The van der Waals surface area contributed by atoms with Crippen LogP contribution >= 0.6 is 0 Å². The summed E-state index contributed by atoms with van der Waals surface area (Å²) in [6.07, 6.45) is -1.91. The molecular formula is C26H29F3N6O. The molecule has 4 heterocycles. The number of halogens is 3. The van der Waals surface area contributed by atoms with E-state index in [2.05, 4.69) is 10.2 Å². The van der Waals surface area contributed by atoms with E-state index in [0.717, 1.165) is 16.5 Å². The number of aliphatic hydroxyl groups is 1. The molecule has 36 heavy (non-hydrogen) atoms. The summed E-state index contributed by atoms with van der Waals surface area (Å²) in [6.45, 7) is 4.62. The molecule has 0 unspecified atom stereocenters. The number of fused-ring (bicyclic) bond motifs is 2. The fourth-order valence-corrected chi connectivity index (χ4v) is 5.13. The first kappa shape index (κ1) is 24.6. The molecule has 0 spiro atoms. The number of aliphatic hydroxyl groups excluding tert-OH is 1. The fourth-order valence-electron chi connectivity index (χ4n) is 5.13. The van der Waals surface area contributed by atoms with Crippen molar-refractivity contribution < 1.29 is 18.3 Å². The topological polar surface area (TPSA) is 92.6 Å². The lowest BCUT2D eigenvalue weighted by Gasteiger charge is -2.30. The monoisotopic (exact) mass is 498 g/mol. The summed E-state index contributed by atoms with van der Waals surface area (Å²) in [7, 11) is 0. The van der Waals surface area contributed by atoms with Gasteiger partial charge in [-0.25, -0.2) is 4.98 Å². The molecule has 0 amide bonds. The highest BCUT2D eigenvalue weighted by Crippen LogP contribution is 2.40. The van der Waals surface area contributed by atoms with Gasteiger partial charge in [-0.05, 0) is 41.5 Å². The molecule has 0 saturated carbocycles. The number of hydrogen-bond donors (Lipinski definition) is 2. The van der Waals surface area contributed by atoms with Gasteiger partial charge in [-0.3, -0.25) is 9.30 Å². The first-order valence-electron chi connectivity index (χ1n) is 12.0. The lowest BCUT2D eigenvalue weighted by molar-refractivity contribution is -0.183. The van der Waals surface area contributed by atoms with E-state index in [0.29, 0.717) is 30.0 Å². The third-order valence-electron chi connectivity index (χ3n) is 7.09. The van der Waals surface area contributed by atoms with E-state index in [4.69, 9.17) is 10.7 Å². The maximum atomic E-state index is 14.2. The van der Waals surface area contributed by atoms with Crippen molar-refractivity contribution in [3.63, 3.8) is 0 Å². The number of aromatic nitrogens is 4. The zero-order valence-corrected chi connectivity index (χ0v) is 20.2. The Bertz CT molecular complexity index is 1400. The Morgan fingerprint density at radius 2 is 1.92 bits per heavy atom. The van der Waals surface area contributed by atoms with Gasteiger partial charge in [0.1, 0.15) is 11.7 Å². The summed E-state index contributed by atoms with van der Waals surface area (Å²) in [5.74, 6) is 0.363. The molecule has 190 valence electrons. The van der Waals surface area contributed by atoms with Crippen molar-refractivity contribution in [1.29, 1.82) is 0 Å². The number of pyridine rings is 2. The standard InChI is InChI=1S/C26H29F3N6O/c1-25(2,11-13-36)19-5-3-4-16-6-8-20(31-22(16)19)24-33-32-21-9-7-17(14-35(21)24)23(26(27,28)29)34-12-10-18(30)15-34/h3-9,14,18,23,36H,10-13,15,30H2,1-2H3/t18-,23+/m0/s1. The Morgan fingerprint density at radius 1 is 1.11 bits per heavy atom. The molecule has 1 saturated heterocycles. The van der Waals surface area contributed by atoms with Crippen LogP contribution in [0.3, 0.4) is 0 Å². The Kier molecular flexibility index (Phi) is 6.22. The molecule has 10 heteroatoms. The lowest BCUT2D eigenvalue weighted by Crippen LogP contribution is -2.38. The lowest BCUT2D eigenvalue weighted by atomic mass is 9.80. The number of benzene rings is 1. The van der Waals surface area contributed by atoms with E-state index in [1.807, 2.05) is 38.1 Å². The first-order chi connectivity index (χ1) is 17.1. The quantitative estimate of drug-likeness (QED) is 0.413. The number of nitrogens with two attached hydrogens (primary N) is 1. The minimum Gasteiger partial charge on any atom is -0.396 e. The Balaban J connectivity index is 1.62. The summed E-state index contributed by atoms with van der Waals surface area (Å²) in [5, 5.41) is 18.9. The smallest absolute Gasteiger partial charge is 0.396 e. The highest BCUT2D eigenvalue weighted by Gasteiger charge is 2.46. The van der Waals surface area contributed by atoms with E-state index in [-0.39, 0.29) is 36.7 Å². The zero-order valence-electron chi connectivity index (χ0n) is 20.2. The van der Waals surface area contributed by atoms with Crippen molar-refractivity contribution in [2.75, 3.05) is 19.7 Å². The molecule has 1 aliphatic heterocycles. The summed E-state index contributed by atoms with van der Waals surface area (Å²) in [4.78, 5) is 6.26. The molecule has 1 aromatic carbocycles. The van der Waals surface area contributed by atoms with E-state index in [9.17, 15) is 18.3 Å². The van der Waals surface area contributed by atoms with Gasteiger partial charge in [0.2, 0.25) is 0 Å². The minimum absolute atomic E-state index is 0.0446. The second-order valence-corrected chi connectivity index (χ2v) is 10.1. The molecule has 2 atom stereocenters. The zero-order chi connectivity index (χ0) is 25.7. The van der Waals surface area contributed by atoms with E-state index in [1.165, 1.54) is 17.2 Å². The highest BCUT2D eigenvalue weighted by atomic mass is 19.4. The van der Waals surface area contributed by atoms with Gasteiger partial charge in [-0.15, -0.1) is 10.2 Å². The SMILES string of the molecule is CC(C)(CCO)c1cccc2ccc(-c3nnc4ccc([C@@H](N5CC[C@H](N)C5)C(F)(F)F)cn34)nc12. The van der Waals surface area contributed by atoms with Crippen molar-refractivity contribution >= 4 is 16.6 Å². The maximum Gasteiger partial charge on any atom is 0.408 e. The Labute approximate surface area is 206 Å². The van der Waals surface area contributed by atoms with Gasteiger partial charge >= 0.3 is 6.18 Å². The van der Waals surface area contributed by atoms with Crippen LogP contribution in [0.25, 0.3) is 28.1 Å². The average molecular weight is 499 g/mol. The third-order valence-corrected chi connectivity index (χ3v) is 7.09. The van der Waals surface area contributed by atoms with Crippen LogP contribution in [-0.4, -0.2) is 61.5 Å². The second-order valence-electron chi connectivity index (χ2n) is 10.1. The van der Waals surface area contributed by atoms with Crippen molar-refractivity contribution in [1.82, 2.24) is 24.5 Å². The molecule has 7 nitrogen and oxygen atoms in total. The summed E-state index contributed by atoms with van der Waals surface area (Å²) < 4.78 is 44.1. The van der Waals surface area contributed by atoms with Crippen molar-refractivity contribution in [3.8, 4) is 11.5 Å². The largest absolute Gasteiger partial charge is 0.408 e. The van der Waals surface area contributed by atoms with E-state index in [1.54, 1.807) is 16.5 Å². The number of nitrogens with zero attached hydrogens (tertiary/aromatic N) is 5. The maximum absolute atomic E-state index is 14.2. The van der Waals surface area contributed by atoms with Crippen molar-refractivity contribution in [2.24, 2.45) is 5.73 Å². The van der Waals surface area contributed by atoms with Gasteiger partial charge in [-0.1, -0.05) is 44.2 Å². The van der Waals surface area contributed by atoms with E-state index < -0.39 is 12.2 Å². The molecule has 5 rings (SSSR count). The summed E-state index contributed by atoms with van der Waals surface area (Å²) in [5.41, 5.74) is 8.38. The minimum atomic E-state index is -4.46. The van der Waals surface area contributed by atoms with Gasteiger partial charge in [0.15, 0.2) is 11.5 Å². The van der Waals surface area contributed by atoms with Crippen LogP contribution in [0.2, 0.25) is 0 Å². The van der Waals surface area contributed by atoms with Crippen LogP contribution in [0.15, 0.2) is 48.7 Å². The Morgan fingerprint density at radius 3 is 2.61 bits per heavy atom. The molecule has 1 aliphatic rings. The second kappa shape index (κ2) is 9.10. The predicted molar refractivity (Wildman–Crippen MR) is 131 cm³/mol. The van der Waals surface area contributed by atoms with Crippen LogP contribution in [0.1, 0.15) is 43.9 Å². The van der Waals surface area contributed by atoms with E-state index >= 15 is 0 Å². The predicted octanol–water partition coefficient (Wildman–Crippen LogP) is 4.24. The normalized spacial score (nSPS) is 18.4. The molecule has 3 aromatic heterocycles. The molecular weight excluding hydrogens is 469 g/mol. The highest BCUT2D eigenvalue weighted by molar-refractivity contribution is 5.85. The average Bonchev–Trinajstić information content (AvgIpc) is 3.43. The summed E-state index contributed by atoms with van der Waals surface area (Å²) >= 11 is 0. The number of alkyl halides is 3. The molecule has 4 aromatic rings. The van der Waals surface area contributed by atoms with Crippen LogP contribution < -0.4 is 5.73 Å². The summed E-state index contributed by atoms with van der Waals surface area (Å²) in [6, 6.07) is 10.6. The number of para-hydroxylation sites is 1. The number of hydrogen-bond acceptors (Lipinski definition) is 6. The molecule has 0 bridgehead atoms. The number of rotatable bonds is 6.